The second-order valence-electron chi connectivity index (χ2n) is 6.59. The fourth-order valence-electron chi connectivity index (χ4n) is 3.15. The molecule has 1 aliphatic heterocycles. The highest BCUT2D eigenvalue weighted by molar-refractivity contribution is 7.14. The van der Waals surface area contributed by atoms with Gasteiger partial charge in [-0.3, -0.25) is 30.1 Å². The van der Waals surface area contributed by atoms with Crippen molar-refractivity contribution >= 4 is 35.1 Å². The molecule has 0 saturated carbocycles. The van der Waals surface area contributed by atoms with E-state index >= 15 is 0 Å². The third-order valence-electron chi connectivity index (χ3n) is 4.57. The molecule has 1 aliphatic carbocycles. The smallest absolute Gasteiger partial charge is 0.318 e. The Morgan fingerprint density at radius 2 is 1.85 bits per heavy atom. The lowest BCUT2D eigenvalue weighted by atomic mass is 10.00. The van der Waals surface area contributed by atoms with E-state index in [9.17, 15) is 19.2 Å². The molecule has 26 heavy (non-hydrogen) atoms. The van der Waals surface area contributed by atoms with Crippen molar-refractivity contribution in [2.75, 3.05) is 20.1 Å². The van der Waals surface area contributed by atoms with Gasteiger partial charge in [0.05, 0.1) is 4.88 Å². The molecular weight excluding hydrogens is 356 g/mol. The number of carbonyl (C=O) groups excluding carboxylic acids is 4. The molecule has 5 amide bonds. The molecule has 0 bridgehead atoms. The first kappa shape index (κ1) is 18.4. The topological polar surface area (TPSA) is 98.8 Å². The number of hydrogen-bond donors (Lipinski definition) is 2. The Balaban J connectivity index is 1.54. The Labute approximate surface area is 155 Å². The molecule has 0 spiro atoms. The number of likely N-dealkylation sites (N-methyl/N-ethyl adjacent to an activating group) is 1. The van der Waals surface area contributed by atoms with Crippen molar-refractivity contribution in [3.05, 3.63) is 21.4 Å². The fourth-order valence-corrected chi connectivity index (χ4v) is 4.30. The predicted molar refractivity (Wildman–Crippen MR) is 95.5 cm³/mol. The van der Waals surface area contributed by atoms with Gasteiger partial charge in [0, 0.05) is 11.9 Å². The summed E-state index contributed by atoms with van der Waals surface area (Å²) in [6, 6.07) is 1.38. The van der Waals surface area contributed by atoms with Crippen molar-refractivity contribution in [1.82, 2.24) is 20.7 Å². The van der Waals surface area contributed by atoms with Crippen molar-refractivity contribution in [1.29, 1.82) is 0 Å². The molecular formula is C17H22N4O4S. The average Bonchev–Trinajstić information content (AvgIpc) is 3.08. The molecule has 0 aromatic carbocycles. The quantitative estimate of drug-likeness (QED) is 0.607. The molecule has 0 atom stereocenters. The number of fused-ring (bicyclic) bond motifs is 1. The van der Waals surface area contributed by atoms with Crippen LogP contribution >= 0.6 is 11.3 Å². The van der Waals surface area contributed by atoms with E-state index in [0.29, 0.717) is 4.88 Å². The predicted octanol–water partition coefficient (Wildman–Crippen LogP) is 1.06. The average molecular weight is 378 g/mol. The van der Waals surface area contributed by atoms with Gasteiger partial charge in [-0.15, -0.1) is 11.3 Å². The maximum absolute atomic E-state index is 12.3. The van der Waals surface area contributed by atoms with Crippen LogP contribution in [-0.4, -0.2) is 53.7 Å². The number of imide groups is 1. The minimum absolute atomic E-state index is 0.0424. The minimum atomic E-state index is -0.620. The number of amides is 5. The van der Waals surface area contributed by atoms with E-state index in [2.05, 4.69) is 10.9 Å². The van der Waals surface area contributed by atoms with Gasteiger partial charge in [-0.05, 0) is 37.3 Å². The molecule has 1 fully saturated rings. The highest BCUT2D eigenvalue weighted by atomic mass is 32.1. The molecule has 0 radical (unpaired) electrons. The largest absolute Gasteiger partial charge is 0.327 e. The molecule has 1 aromatic rings. The van der Waals surface area contributed by atoms with E-state index in [0.717, 1.165) is 30.6 Å². The molecule has 3 rings (SSSR count). The van der Waals surface area contributed by atoms with Crippen LogP contribution in [0.25, 0.3) is 0 Å². The molecule has 2 N–H and O–H groups in total. The van der Waals surface area contributed by atoms with Crippen LogP contribution in [-0.2, 0) is 22.4 Å². The molecule has 9 heteroatoms. The van der Waals surface area contributed by atoms with E-state index in [4.69, 9.17) is 0 Å². The number of carbonyl (C=O) groups is 4. The van der Waals surface area contributed by atoms with Gasteiger partial charge in [-0.1, -0.05) is 12.8 Å². The standard InChI is InChI=1S/C17H22N4O4S/c1-20-10-15(23)21(17(20)25)9-14(22)18-19-16(24)13-8-11-6-4-2-3-5-7-12(11)26-13/h8H,2-7,9-10H2,1H3,(H,18,22)(H,19,24). The summed E-state index contributed by atoms with van der Waals surface area (Å²) in [5.41, 5.74) is 5.86. The lowest BCUT2D eigenvalue weighted by molar-refractivity contribution is -0.131. The Hall–Kier alpha value is -2.42. The summed E-state index contributed by atoms with van der Waals surface area (Å²) in [5.74, 6) is -1.44. The van der Waals surface area contributed by atoms with Gasteiger partial charge in [0.25, 0.3) is 17.7 Å². The molecule has 1 aromatic heterocycles. The SMILES string of the molecule is CN1CC(=O)N(CC(=O)NNC(=O)c2cc3c(s2)CCCCCC3)C1=O. The summed E-state index contributed by atoms with van der Waals surface area (Å²) in [5, 5.41) is 0. The normalized spacial score (nSPS) is 17.6. The summed E-state index contributed by atoms with van der Waals surface area (Å²) < 4.78 is 0. The number of hydrazine groups is 1. The Morgan fingerprint density at radius 3 is 2.54 bits per heavy atom. The van der Waals surface area contributed by atoms with Gasteiger partial charge in [0.1, 0.15) is 13.1 Å². The summed E-state index contributed by atoms with van der Waals surface area (Å²) in [4.78, 5) is 51.5. The third-order valence-corrected chi connectivity index (χ3v) is 5.80. The van der Waals surface area contributed by atoms with Crippen LogP contribution < -0.4 is 10.9 Å². The second kappa shape index (κ2) is 7.86. The Kier molecular flexibility index (Phi) is 5.55. The highest BCUT2D eigenvalue weighted by Crippen LogP contribution is 2.28. The number of nitrogens with one attached hydrogen (secondary N) is 2. The van der Waals surface area contributed by atoms with Crippen molar-refractivity contribution in [3.8, 4) is 0 Å². The third kappa shape index (κ3) is 4.04. The molecule has 2 aliphatic rings. The maximum Gasteiger partial charge on any atom is 0.327 e. The van der Waals surface area contributed by atoms with Gasteiger partial charge in [-0.2, -0.15) is 0 Å². The summed E-state index contributed by atoms with van der Waals surface area (Å²) in [7, 11) is 1.49. The number of aryl methyl sites for hydroxylation is 2. The number of hydrogen-bond acceptors (Lipinski definition) is 5. The van der Waals surface area contributed by atoms with Gasteiger partial charge in [-0.25, -0.2) is 4.79 Å². The summed E-state index contributed by atoms with van der Waals surface area (Å²) >= 11 is 1.46. The molecule has 140 valence electrons. The van der Waals surface area contributed by atoms with E-state index in [1.54, 1.807) is 0 Å². The molecule has 2 heterocycles. The first-order chi connectivity index (χ1) is 12.5. The number of thiophene rings is 1. The molecule has 1 saturated heterocycles. The van der Waals surface area contributed by atoms with Gasteiger partial charge >= 0.3 is 6.03 Å². The van der Waals surface area contributed by atoms with Crippen LogP contribution in [0.1, 0.15) is 45.8 Å². The van der Waals surface area contributed by atoms with E-state index in [1.807, 2.05) is 6.07 Å². The number of rotatable bonds is 3. The van der Waals surface area contributed by atoms with Gasteiger partial charge < -0.3 is 4.90 Å². The second-order valence-corrected chi connectivity index (χ2v) is 7.73. The summed E-state index contributed by atoms with van der Waals surface area (Å²) in [6.45, 7) is -0.456. The zero-order valence-corrected chi connectivity index (χ0v) is 15.5. The van der Waals surface area contributed by atoms with Crippen molar-refractivity contribution in [3.63, 3.8) is 0 Å². The van der Waals surface area contributed by atoms with Crippen molar-refractivity contribution < 1.29 is 19.2 Å². The van der Waals surface area contributed by atoms with E-state index < -0.39 is 24.4 Å². The number of urea groups is 1. The van der Waals surface area contributed by atoms with Crippen LogP contribution in [0.2, 0.25) is 0 Å². The lowest BCUT2D eigenvalue weighted by Crippen LogP contribution is -2.47. The van der Waals surface area contributed by atoms with Crippen LogP contribution in [0, 0.1) is 0 Å². The van der Waals surface area contributed by atoms with Crippen molar-refractivity contribution in [2.45, 2.75) is 38.5 Å². The minimum Gasteiger partial charge on any atom is -0.318 e. The van der Waals surface area contributed by atoms with Crippen LogP contribution in [0.3, 0.4) is 0 Å². The summed E-state index contributed by atoms with van der Waals surface area (Å²) in [6.07, 6.45) is 6.68. The molecule has 8 nitrogen and oxygen atoms in total. The van der Waals surface area contributed by atoms with Gasteiger partial charge in [0.2, 0.25) is 0 Å². The van der Waals surface area contributed by atoms with Gasteiger partial charge in [0.15, 0.2) is 0 Å². The van der Waals surface area contributed by atoms with Crippen LogP contribution in [0.4, 0.5) is 4.79 Å². The van der Waals surface area contributed by atoms with E-state index in [1.165, 1.54) is 46.6 Å². The maximum atomic E-state index is 12.3. The van der Waals surface area contributed by atoms with E-state index in [-0.39, 0.29) is 12.5 Å². The fraction of sp³-hybridized carbons (Fsp3) is 0.529. The Bertz CT molecular complexity index is 720. The van der Waals surface area contributed by atoms with Crippen molar-refractivity contribution in [2.24, 2.45) is 0 Å². The Morgan fingerprint density at radius 1 is 1.12 bits per heavy atom. The highest BCUT2D eigenvalue weighted by Gasteiger charge is 2.34. The lowest BCUT2D eigenvalue weighted by Gasteiger charge is -2.13. The first-order valence-corrected chi connectivity index (χ1v) is 9.53. The van der Waals surface area contributed by atoms with Crippen LogP contribution in [0.5, 0.6) is 0 Å². The monoisotopic (exact) mass is 378 g/mol. The number of nitrogens with zero attached hydrogens (tertiary/aromatic N) is 2. The zero-order chi connectivity index (χ0) is 18.7. The molecule has 0 unspecified atom stereocenters. The van der Waals surface area contributed by atoms with Crippen LogP contribution in [0.15, 0.2) is 6.07 Å². The zero-order valence-electron chi connectivity index (χ0n) is 14.7. The first-order valence-electron chi connectivity index (χ1n) is 8.72.